The van der Waals surface area contributed by atoms with Crippen molar-refractivity contribution < 1.29 is 9.84 Å². The van der Waals surface area contributed by atoms with Crippen LogP contribution >= 0.6 is 43.2 Å². The van der Waals surface area contributed by atoms with Gasteiger partial charge in [0.25, 0.3) is 0 Å². The van der Waals surface area contributed by atoms with Crippen LogP contribution in [0, 0.1) is 0 Å². The molecule has 1 aromatic heterocycles. The molecule has 2 atom stereocenters. The summed E-state index contributed by atoms with van der Waals surface area (Å²) in [4.78, 5) is 0.944. The first-order valence-corrected chi connectivity index (χ1v) is 7.91. The zero-order valence-electron chi connectivity index (χ0n) is 9.27. The molecule has 3 rings (SSSR count). The van der Waals surface area contributed by atoms with Gasteiger partial charge in [0.05, 0.1) is 22.4 Å². The average Bonchev–Trinajstić information content (AvgIpc) is 2.93. The van der Waals surface area contributed by atoms with Gasteiger partial charge in [-0.25, -0.2) is 0 Å². The molecule has 18 heavy (non-hydrogen) atoms. The molecule has 1 aliphatic rings. The lowest BCUT2D eigenvalue weighted by Gasteiger charge is -2.15. The fourth-order valence-electron chi connectivity index (χ4n) is 2.16. The molecule has 2 unspecified atom stereocenters. The van der Waals surface area contributed by atoms with Crippen LogP contribution in [0.15, 0.2) is 38.6 Å². The molecule has 2 nitrogen and oxygen atoms in total. The lowest BCUT2D eigenvalue weighted by atomic mass is 9.94. The molecule has 1 N–H and O–H groups in total. The van der Waals surface area contributed by atoms with Crippen molar-refractivity contribution in [3.8, 4) is 5.75 Å². The topological polar surface area (TPSA) is 29.5 Å². The smallest absolute Gasteiger partial charge is 0.123 e. The summed E-state index contributed by atoms with van der Waals surface area (Å²) < 4.78 is 7.60. The van der Waals surface area contributed by atoms with Crippen molar-refractivity contribution in [1.82, 2.24) is 0 Å². The summed E-state index contributed by atoms with van der Waals surface area (Å²) >= 11 is 8.45. The first-order chi connectivity index (χ1) is 8.66. The maximum atomic E-state index is 10.5. The molecule has 1 aromatic carbocycles. The van der Waals surface area contributed by atoms with E-state index in [4.69, 9.17) is 4.74 Å². The van der Waals surface area contributed by atoms with Crippen LogP contribution in [0.2, 0.25) is 0 Å². The number of ether oxygens (including phenoxy) is 1. The van der Waals surface area contributed by atoms with Crippen molar-refractivity contribution in [3.63, 3.8) is 0 Å². The summed E-state index contributed by atoms with van der Waals surface area (Å²) in [6.07, 6.45) is -0.527. The van der Waals surface area contributed by atoms with Crippen LogP contribution in [0.5, 0.6) is 5.75 Å². The van der Waals surface area contributed by atoms with E-state index in [1.807, 2.05) is 30.3 Å². The van der Waals surface area contributed by atoms with Crippen molar-refractivity contribution in [2.24, 2.45) is 0 Å². The predicted molar refractivity (Wildman–Crippen MR) is 79.4 cm³/mol. The largest absolute Gasteiger partial charge is 0.493 e. The first kappa shape index (κ1) is 12.7. The minimum atomic E-state index is -0.527. The lowest BCUT2D eigenvalue weighted by Crippen LogP contribution is -2.11. The number of benzene rings is 1. The molecular formula is C13H10Br2O2S. The predicted octanol–water partition coefficient (Wildman–Crippen LogP) is 4.48. The molecule has 2 aromatic rings. The van der Waals surface area contributed by atoms with Crippen LogP contribution < -0.4 is 4.74 Å². The lowest BCUT2D eigenvalue weighted by molar-refractivity contribution is 0.133. The van der Waals surface area contributed by atoms with Crippen molar-refractivity contribution in [2.45, 2.75) is 12.0 Å². The highest BCUT2D eigenvalue weighted by atomic mass is 79.9. The number of rotatable bonds is 2. The van der Waals surface area contributed by atoms with Crippen molar-refractivity contribution in [1.29, 1.82) is 0 Å². The summed E-state index contributed by atoms with van der Waals surface area (Å²) in [5.74, 6) is 0.898. The Bertz CT molecular complexity index is 563. The van der Waals surface area contributed by atoms with Gasteiger partial charge in [-0.1, -0.05) is 18.2 Å². The van der Waals surface area contributed by atoms with Crippen LogP contribution in [-0.2, 0) is 0 Å². The van der Waals surface area contributed by atoms with E-state index in [9.17, 15) is 5.11 Å². The molecule has 0 aliphatic carbocycles. The molecule has 0 spiro atoms. The van der Waals surface area contributed by atoms with Gasteiger partial charge in [0, 0.05) is 14.9 Å². The second-order valence-electron chi connectivity index (χ2n) is 4.17. The number of halogens is 2. The molecule has 0 saturated carbocycles. The number of aliphatic hydroxyl groups excluding tert-OH is 1. The number of fused-ring (bicyclic) bond motifs is 1. The van der Waals surface area contributed by atoms with Gasteiger partial charge in [0.2, 0.25) is 0 Å². The third kappa shape index (κ3) is 2.13. The Hall–Kier alpha value is -0.360. The number of aliphatic hydroxyl groups is 1. The van der Waals surface area contributed by atoms with Gasteiger partial charge >= 0.3 is 0 Å². The molecule has 0 radical (unpaired) electrons. The number of hydrogen-bond donors (Lipinski definition) is 1. The van der Waals surface area contributed by atoms with Crippen molar-refractivity contribution in [3.05, 3.63) is 49.0 Å². The van der Waals surface area contributed by atoms with Gasteiger partial charge in [-0.15, -0.1) is 11.3 Å². The van der Waals surface area contributed by atoms with Crippen LogP contribution in [0.1, 0.15) is 22.5 Å². The van der Waals surface area contributed by atoms with E-state index < -0.39 is 6.10 Å². The minimum absolute atomic E-state index is 0.0126. The SMILES string of the molecule is OC(c1cc(Br)c(Br)s1)C1COc2ccccc21. The third-order valence-electron chi connectivity index (χ3n) is 3.07. The fourth-order valence-corrected chi connectivity index (χ4v) is 4.30. The Kier molecular flexibility index (Phi) is 3.49. The molecule has 5 heteroatoms. The molecule has 0 fully saturated rings. The maximum Gasteiger partial charge on any atom is 0.123 e. The highest BCUT2D eigenvalue weighted by Gasteiger charge is 2.32. The third-order valence-corrected chi connectivity index (χ3v) is 6.40. The first-order valence-electron chi connectivity index (χ1n) is 5.51. The molecule has 0 saturated heterocycles. The molecule has 0 bridgehead atoms. The molecule has 2 heterocycles. The van der Waals surface area contributed by atoms with Gasteiger partial charge in [0.15, 0.2) is 0 Å². The second-order valence-corrected chi connectivity index (χ2v) is 7.43. The van der Waals surface area contributed by atoms with Gasteiger partial charge < -0.3 is 9.84 Å². The van der Waals surface area contributed by atoms with Crippen LogP contribution in [0.4, 0.5) is 0 Å². The second kappa shape index (κ2) is 4.96. The van der Waals surface area contributed by atoms with Gasteiger partial charge in [-0.3, -0.25) is 0 Å². The highest BCUT2D eigenvalue weighted by molar-refractivity contribution is 9.13. The van der Waals surface area contributed by atoms with E-state index in [1.165, 1.54) is 0 Å². The Labute approximate surface area is 126 Å². The van der Waals surface area contributed by atoms with Crippen molar-refractivity contribution >= 4 is 43.2 Å². The number of para-hydroxylation sites is 1. The van der Waals surface area contributed by atoms with Gasteiger partial charge in [-0.05, 0) is 44.0 Å². The quantitative estimate of drug-likeness (QED) is 0.820. The summed E-state index contributed by atoms with van der Waals surface area (Å²) in [6, 6.07) is 9.86. The van der Waals surface area contributed by atoms with Crippen LogP contribution in [-0.4, -0.2) is 11.7 Å². The summed E-state index contributed by atoms with van der Waals surface area (Å²) in [5, 5.41) is 10.5. The Morgan fingerprint density at radius 3 is 2.83 bits per heavy atom. The van der Waals surface area contributed by atoms with Gasteiger partial charge in [0.1, 0.15) is 5.75 Å². The molecule has 94 valence electrons. The molecule has 1 aliphatic heterocycles. The summed E-state index contributed by atoms with van der Waals surface area (Å²) in [7, 11) is 0. The summed E-state index contributed by atoms with van der Waals surface area (Å²) in [6.45, 7) is 0.535. The molecule has 0 amide bonds. The van der Waals surface area contributed by atoms with Crippen molar-refractivity contribution in [2.75, 3.05) is 6.61 Å². The van der Waals surface area contributed by atoms with E-state index in [0.29, 0.717) is 6.61 Å². The van der Waals surface area contributed by atoms with E-state index in [-0.39, 0.29) is 5.92 Å². The maximum absolute atomic E-state index is 10.5. The molecular weight excluding hydrogens is 380 g/mol. The monoisotopic (exact) mass is 388 g/mol. The van der Waals surface area contributed by atoms with E-state index in [2.05, 4.69) is 31.9 Å². The minimum Gasteiger partial charge on any atom is -0.493 e. The Morgan fingerprint density at radius 2 is 2.11 bits per heavy atom. The number of thiophene rings is 1. The Balaban J connectivity index is 1.92. The standard InChI is InChI=1S/C13H10Br2O2S/c14-9-5-11(18-13(9)15)12(16)8-6-17-10-4-2-1-3-7(8)10/h1-5,8,12,16H,6H2. The normalized spacial score (nSPS) is 19.4. The zero-order valence-corrected chi connectivity index (χ0v) is 13.3. The van der Waals surface area contributed by atoms with Gasteiger partial charge in [-0.2, -0.15) is 0 Å². The summed E-state index contributed by atoms with van der Waals surface area (Å²) in [5.41, 5.74) is 1.09. The zero-order chi connectivity index (χ0) is 12.7. The fraction of sp³-hybridized carbons (Fsp3) is 0.231. The van der Waals surface area contributed by atoms with E-state index in [0.717, 1.165) is 24.4 Å². The van der Waals surface area contributed by atoms with E-state index >= 15 is 0 Å². The average molecular weight is 390 g/mol. The van der Waals surface area contributed by atoms with E-state index in [1.54, 1.807) is 11.3 Å². The number of hydrogen-bond acceptors (Lipinski definition) is 3. The van der Waals surface area contributed by atoms with Crippen LogP contribution in [0.3, 0.4) is 0 Å². The Morgan fingerprint density at radius 1 is 1.33 bits per heavy atom. The highest BCUT2D eigenvalue weighted by Crippen LogP contribution is 2.44. The van der Waals surface area contributed by atoms with Crippen LogP contribution in [0.25, 0.3) is 0 Å².